The lowest BCUT2D eigenvalue weighted by molar-refractivity contribution is -0.136. The van der Waals surface area contributed by atoms with Crippen LogP contribution in [0.1, 0.15) is 5.56 Å². The molecule has 0 radical (unpaired) electrons. The first-order chi connectivity index (χ1) is 8.58. The van der Waals surface area contributed by atoms with E-state index in [0.29, 0.717) is 11.4 Å². The number of anilines is 1. The molecule has 0 unspecified atom stereocenters. The quantitative estimate of drug-likeness (QED) is 0.622. The van der Waals surface area contributed by atoms with E-state index in [2.05, 4.69) is 17.2 Å². The topological polar surface area (TPSA) is 67.4 Å². The summed E-state index contributed by atoms with van der Waals surface area (Å²) in [6.45, 7) is 5.58. The Morgan fingerprint density at radius 3 is 2.72 bits per heavy atom. The summed E-state index contributed by atoms with van der Waals surface area (Å²) in [5.41, 5.74) is 1.42. The van der Waals surface area contributed by atoms with E-state index in [9.17, 15) is 9.59 Å². The maximum atomic E-state index is 11.6. The van der Waals surface area contributed by atoms with E-state index in [1.54, 1.807) is 12.1 Å². The van der Waals surface area contributed by atoms with Gasteiger partial charge in [0.15, 0.2) is 0 Å². The largest absolute Gasteiger partial charge is 0.495 e. The summed E-state index contributed by atoms with van der Waals surface area (Å²) < 4.78 is 5.10. The van der Waals surface area contributed by atoms with Crippen molar-refractivity contribution in [3.05, 3.63) is 36.4 Å². The summed E-state index contributed by atoms with van der Waals surface area (Å²) in [7, 11) is 1.50. The Labute approximate surface area is 106 Å². The minimum Gasteiger partial charge on any atom is -0.495 e. The Hall–Kier alpha value is -2.30. The van der Waals surface area contributed by atoms with E-state index >= 15 is 0 Å². The van der Waals surface area contributed by atoms with Gasteiger partial charge in [-0.2, -0.15) is 0 Å². The van der Waals surface area contributed by atoms with Crippen molar-refractivity contribution in [2.45, 2.75) is 6.92 Å². The Bertz CT molecular complexity index is 469. The van der Waals surface area contributed by atoms with Crippen LogP contribution in [0.15, 0.2) is 30.9 Å². The number of amides is 2. The molecule has 5 heteroatoms. The number of methoxy groups -OCH3 is 1. The van der Waals surface area contributed by atoms with E-state index in [4.69, 9.17) is 4.74 Å². The Morgan fingerprint density at radius 2 is 2.11 bits per heavy atom. The lowest BCUT2D eigenvalue weighted by atomic mass is 10.2. The predicted octanol–water partition coefficient (Wildman–Crippen LogP) is 1.24. The monoisotopic (exact) mass is 248 g/mol. The molecule has 0 heterocycles. The van der Waals surface area contributed by atoms with Gasteiger partial charge in [-0.1, -0.05) is 12.1 Å². The van der Waals surface area contributed by atoms with Crippen molar-refractivity contribution in [3.63, 3.8) is 0 Å². The number of benzene rings is 1. The molecule has 0 aliphatic rings. The number of nitrogens with one attached hydrogen (secondary N) is 2. The summed E-state index contributed by atoms with van der Waals surface area (Å²) in [6, 6.07) is 5.32. The molecule has 0 saturated carbocycles. The van der Waals surface area contributed by atoms with Crippen LogP contribution in [0.3, 0.4) is 0 Å². The molecule has 2 N–H and O–H groups in total. The normalized spacial score (nSPS) is 9.44. The SMILES string of the molecule is C=CCNC(=O)C(=O)Nc1cc(C)ccc1OC. The second-order valence-electron chi connectivity index (χ2n) is 3.66. The lowest BCUT2D eigenvalue weighted by Crippen LogP contribution is -2.35. The van der Waals surface area contributed by atoms with Gasteiger partial charge in [-0.3, -0.25) is 9.59 Å². The summed E-state index contributed by atoms with van der Waals surface area (Å²) >= 11 is 0. The molecule has 0 atom stereocenters. The molecule has 1 aromatic rings. The molecule has 2 amide bonds. The lowest BCUT2D eigenvalue weighted by Gasteiger charge is -2.10. The molecule has 18 heavy (non-hydrogen) atoms. The molecule has 0 fully saturated rings. The van der Waals surface area contributed by atoms with Crippen LogP contribution in [0.2, 0.25) is 0 Å². The third-order valence-corrected chi connectivity index (χ3v) is 2.22. The van der Waals surface area contributed by atoms with Gasteiger partial charge in [0.05, 0.1) is 12.8 Å². The second-order valence-corrected chi connectivity index (χ2v) is 3.66. The summed E-state index contributed by atoms with van der Waals surface area (Å²) in [4.78, 5) is 23.0. The Kier molecular flexibility index (Phi) is 4.92. The molecule has 0 spiro atoms. The molecule has 0 saturated heterocycles. The van der Waals surface area contributed by atoms with Crippen molar-refractivity contribution in [1.82, 2.24) is 5.32 Å². The third kappa shape index (κ3) is 3.62. The zero-order chi connectivity index (χ0) is 13.5. The van der Waals surface area contributed by atoms with Gasteiger partial charge in [0, 0.05) is 6.54 Å². The molecule has 96 valence electrons. The summed E-state index contributed by atoms with van der Waals surface area (Å²) in [6.07, 6.45) is 1.50. The van der Waals surface area contributed by atoms with Crippen LogP contribution >= 0.6 is 0 Å². The zero-order valence-corrected chi connectivity index (χ0v) is 10.4. The molecule has 0 aliphatic carbocycles. The number of ether oxygens (including phenoxy) is 1. The minimum absolute atomic E-state index is 0.247. The average molecular weight is 248 g/mol. The van der Waals surface area contributed by atoms with Crippen LogP contribution < -0.4 is 15.4 Å². The first kappa shape index (κ1) is 13.8. The van der Waals surface area contributed by atoms with Crippen molar-refractivity contribution >= 4 is 17.5 Å². The number of carbonyl (C=O) groups excluding carboxylic acids is 2. The minimum atomic E-state index is -0.735. The summed E-state index contributed by atoms with van der Waals surface area (Å²) in [5.74, 6) is -0.940. The standard InChI is InChI=1S/C13H16N2O3/c1-4-7-14-12(16)13(17)15-10-8-9(2)5-6-11(10)18-3/h4-6,8H,1,7H2,2-3H3,(H,14,16)(H,15,17). The number of hydrogen-bond acceptors (Lipinski definition) is 3. The molecular weight excluding hydrogens is 232 g/mol. The van der Waals surface area contributed by atoms with Crippen molar-refractivity contribution in [2.75, 3.05) is 19.0 Å². The maximum Gasteiger partial charge on any atom is 0.313 e. The maximum absolute atomic E-state index is 11.6. The molecule has 1 aromatic carbocycles. The second kappa shape index (κ2) is 6.44. The van der Waals surface area contributed by atoms with E-state index in [1.807, 2.05) is 13.0 Å². The molecule has 0 aromatic heterocycles. The van der Waals surface area contributed by atoms with Gasteiger partial charge in [0.2, 0.25) is 0 Å². The fourth-order valence-electron chi connectivity index (χ4n) is 1.34. The van der Waals surface area contributed by atoms with Gasteiger partial charge in [-0.15, -0.1) is 6.58 Å². The van der Waals surface area contributed by atoms with E-state index in [-0.39, 0.29) is 6.54 Å². The van der Waals surface area contributed by atoms with Crippen molar-refractivity contribution in [3.8, 4) is 5.75 Å². The van der Waals surface area contributed by atoms with E-state index < -0.39 is 11.8 Å². The van der Waals surface area contributed by atoms with Crippen LogP contribution in [0.25, 0.3) is 0 Å². The number of aryl methyl sites for hydroxylation is 1. The Balaban J connectivity index is 2.77. The number of hydrogen-bond donors (Lipinski definition) is 2. The smallest absolute Gasteiger partial charge is 0.313 e. The van der Waals surface area contributed by atoms with Crippen molar-refractivity contribution < 1.29 is 14.3 Å². The fourth-order valence-corrected chi connectivity index (χ4v) is 1.34. The van der Waals surface area contributed by atoms with E-state index in [1.165, 1.54) is 13.2 Å². The van der Waals surface area contributed by atoms with Gasteiger partial charge in [0.1, 0.15) is 5.75 Å². The molecule has 0 aliphatic heterocycles. The number of rotatable bonds is 4. The van der Waals surface area contributed by atoms with Crippen LogP contribution in [0.5, 0.6) is 5.75 Å². The van der Waals surface area contributed by atoms with Crippen LogP contribution in [-0.4, -0.2) is 25.5 Å². The highest BCUT2D eigenvalue weighted by Crippen LogP contribution is 2.24. The van der Waals surface area contributed by atoms with Gasteiger partial charge in [0.25, 0.3) is 0 Å². The zero-order valence-electron chi connectivity index (χ0n) is 10.4. The highest BCUT2D eigenvalue weighted by atomic mass is 16.5. The van der Waals surface area contributed by atoms with E-state index in [0.717, 1.165) is 5.56 Å². The molecule has 0 bridgehead atoms. The first-order valence-electron chi connectivity index (χ1n) is 5.43. The molecule has 1 rings (SSSR count). The van der Waals surface area contributed by atoms with Gasteiger partial charge in [-0.25, -0.2) is 0 Å². The first-order valence-corrected chi connectivity index (χ1v) is 5.43. The third-order valence-electron chi connectivity index (χ3n) is 2.22. The van der Waals surface area contributed by atoms with Crippen LogP contribution in [0, 0.1) is 6.92 Å². The number of carbonyl (C=O) groups is 2. The highest BCUT2D eigenvalue weighted by Gasteiger charge is 2.14. The van der Waals surface area contributed by atoms with Crippen LogP contribution in [-0.2, 0) is 9.59 Å². The average Bonchev–Trinajstić information content (AvgIpc) is 2.36. The fraction of sp³-hybridized carbons (Fsp3) is 0.231. The molecular formula is C13H16N2O3. The van der Waals surface area contributed by atoms with Gasteiger partial charge in [-0.05, 0) is 24.6 Å². The van der Waals surface area contributed by atoms with Crippen LogP contribution in [0.4, 0.5) is 5.69 Å². The highest BCUT2D eigenvalue weighted by molar-refractivity contribution is 6.39. The van der Waals surface area contributed by atoms with Gasteiger partial charge >= 0.3 is 11.8 Å². The van der Waals surface area contributed by atoms with Crippen molar-refractivity contribution in [1.29, 1.82) is 0 Å². The Morgan fingerprint density at radius 1 is 1.39 bits per heavy atom. The predicted molar refractivity (Wildman–Crippen MR) is 69.6 cm³/mol. The van der Waals surface area contributed by atoms with Gasteiger partial charge < -0.3 is 15.4 Å². The summed E-state index contributed by atoms with van der Waals surface area (Å²) in [5, 5.41) is 4.90. The van der Waals surface area contributed by atoms with Crippen molar-refractivity contribution in [2.24, 2.45) is 0 Å². The molecule has 5 nitrogen and oxygen atoms in total.